The van der Waals surface area contributed by atoms with Crippen molar-refractivity contribution in [2.75, 3.05) is 23.4 Å². The Kier molecular flexibility index (Phi) is 9.34. The van der Waals surface area contributed by atoms with E-state index < -0.39 is 25.4 Å². The van der Waals surface area contributed by atoms with Crippen LogP contribution in [0.1, 0.15) is 73.4 Å². The molecule has 0 bridgehead atoms. The number of anilines is 3. The Hall–Kier alpha value is -4.01. The molecule has 240 valence electrons. The Morgan fingerprint density at radius 1 is 1.13 bits per heavy atom. The molecule has 1 amide bonds. The number of pyridine rings is 1. The molecule has 10 nitrogen and oxygen atoms in total. The second-order valence-corrected chi connectivity index (χ2v) is 19.4. The lowest BCUT2D eigenvalue weighted by molar-refractivity contribution is 0.0575. The van der Waals surface area contributed by atoms with E-state index in [1.807, 2.05) is 52.8 Å². The number of ether oxygens (including phenoxy) is 2. The molecule has 0 saturated heterocycles. The molecule has 0 unspecified atom stereocenters. The predicted molar refractivity (Wildman–Crippen MR) is 180 cm³/mol. The molecule has 3 aromatic rings. The molecule has 4 rings (SSSR count). The summed E-state index contributed by atoms with van der Waals surface area (Å²) < 4.78 is 18.4. The number of rotatable bonds is 8. The highest BCUT2D eigenvalue weighted by molar-refractivity contribution is 6.74. The second kappa shape index (κ2) is 12.4. The van der Waals surface area contributed by atoms with Gasteiger partial charge in [-0.15, -0.1) is 0 Å². The number of amides is 1. The lowest BCUT2D eigenvalue weighted by atomic mass is 9.83. The van der Waals surface area contributed by atoms with Crippen molar-refractivity contribution in [1.29, 1.82) is 5.26 Å². The molecular formula is C34H46N6O4Si. The van der Waals surface area contributed by atoms with Crippen LogP contribution in [0, 0.1) is 11.3 Å². The van der Waals surface area contributed by atoms with Gasteiger partial charge in [0.15, 0.2) is 8.32 Å². The Bertz CT molecular complexity index is 1610. The van der Waals surface area contributed by atoms with Crippen molar-refractivity contribution in [1.82, 2.24) is 15.0 Å². The topological polar surface area (TPSA) is 122 Å². The van der Waals surface area contributed by atoms with Gasteiger partial charge in [0.05, 0.1) is 23.0 Å². The Morgan fingerprint density at radius 3 is 2.47 bits per heavy atom. The van der Waals surface area contributed by atoms with E-state index in [9.17, 15) is 10.1 Å². The van der Waals surface area contributed by atoms with Crippen LogP contribution in [0.5, 0.6) is 5.88 Å². The van der Waals surface area contributed by atoms with Crippen LogP contribution in [-0.2, 0) is 14.6 Å². The van der Waals surface area contributed by atoms with Crippen LogP contribution in [0.15, 0.2) is 42.7 Å². The fourth-order valence-electron chi connectivity index (χ4n) is 4.79. The first-order valence-corrected chi connectivity index (χ1v) is 18.2. The fourth-order valence-corrected chi connectivity index (χ4v) is 5.90. The lowest BCUT2D eigenvalue weighted by Crippen LogP contribution is -2.46. The molecule has 0 radical (unpaired) electrons. The highest BCUT2D eigenvalue weighted by Crippen LogP contribution is 2.47. The van der Waals surface area contributed by atoms with Gasteiger partial charge in [0.1, 0.15) is 17.4 Å². The van der Waals surface area contributed by atoms with Crippen LogP contribution < -0.4 is 15.0 Å². The number of hydrogen-bond acceptors (Lipinski definition) is 9. The van der Waals surface area contributed by atoms with Crippen molar-refractivity contribution in [3.63, 3.8) is 0 Å². The number of carbonyl (C=O) groups excluding carboxylic acids is 1. The summed E-state index contributed by atoms with van der Waals surface area (Å²) in [5, 5.41) is 13.6. The van der Waals surface area contributed by atoms with Gasteiger partial charge >= 0.3 is 6.09 Å². The standard InChI is InChI=1S/C34H46N6O4Si/c1-22(2)43-29-27(13-12-15-36-29)39-30-37-16-14-26(38-30)23-17-24(19-35)28-25(18-23)34(9,21-42-45(10,11)33(6,7)8)20-40(28)31(41)44-32(3,4)5/h12-18,22H,20-21H2,1-11H3,(H,37,38,39)/t34-/m1/s1. The fraction of sp³-hybridized carbons (Fsp3) is 0.500. The summed E-state index contributed by atoms with van der Waals surface area (Å²) in [6.45, 7) is 23.2. The summed E-state index contributed by atoms with van der Waals surface area (Å²) >= 11 is 0. The summed E-state index contributed by atoms with van der Waals surface area (Å²) in [6.07, 6.45) is 2.78. The van der Waals surface area contributed by atoms with Crippen LogP contribution in [0.4, 0.5) is 22.1 Å². The zero-order valence-electron chi connectivity index (χ0n) is 28.4. The maximum atomic E-state index is 13.5. The van der Waals surface area contributed by atoms with Gasteiger partial charge in [-0.1, -0.05) is 27.7 Å². The summed E-state index contributed by atoms with van der Waals surface area (Å²) in [6, 6.07) is 11.6. The average Bonchev–Trinajstić information content (AvgIpc) is 3.24. The number of nitrogens with zero attached hydrogens (tertiary/aromatic N) is 5. The maximum Gasteiger partial charge on any atom is 0.414 e. The van der Waals surface area contributed by atoms with Gasteiger partial charge in [0.25, 0.3) is 0 Å². The van der Waals surface area contributed by atoms with Gasteiger partial charge < -0.3 is 19.2 Å². The van der Waals surface area contributed by atoms with Gasteiger partial charge in [-0.25, -0.2) is 19.7 Å². The van der Waals surface area contributed by atoms with Crippen LogP contribution in [0.25, 0.3) is 11.3 Å². The first-order valence-electron chi connectivity index (χ1n) is 15.3. The molecule has 1 N–H and O–H groups in total. The SMILES string of the molecule is CC(C)Oc1ncccc1Nc1nccc(-c2cc(C#N)c3c(c2)[C@@](C)(CO[Si](C)(C)C(C)(C)C)CN3C(=O)OC(C)(C)C)n1. The third-order valence-corrected chi connectivity index (χ3v) is 12.6. The van der Waals surface area contributed by atoms with Crippen molar-refractivity contribution < 1.29 is 18.7 Å². The Balaban J connectivity index is 1.79. The molecule has 1 aromatic carbocycles. The lowest BCUT2D eigenvalue weighted by Gasteiger charge is -2.39. The molecule has 0 aliphatic carbocycles. The summed E-state index contributed by atoms with van der Waals surface area (Å²) in [7, 11) is -2.13. The molecular weight excluding hydrogens is 584 g/mol. The summed E-state index contributed by atoms with van der Waals surface area (Å²) in [5.41, 5.74) is 2.44. The first kappa shape index (κ1) is 33.9. The van der Waals surface area contributed by atoms with E-state index in [-0.39, 0.29) is 11.1 Å². The average molecular weight is 631 g/mol. The minimum absolute atomic E-state index is 0.00795. The second-order valence-electron chi connectivity index (χ2n) is 14.6. The molecule has 0 saturated carbocycles. The van der Waals surface area contributed by atoms with E-state index >= 15 is 0 Å². The van der Waals surface area contributed by atoms with Crippen molar-refractivity contribution in [2.45, 2.75) is 97.6 Å². The minimum atomic E-state index is -2.13. The van der Waals surface area contributed by atoms with Crippen LogP contribution in [-0.4, -0.2) is 54.2 Å². The number of benzene rings is 1. The molecule has 3 heterocycles. The number of nitriles is 1. The number of hydrogen-bond donors (Lipinski definition) is 1. The van der Waals surface area contributed by atoms with Gasteiger partial charge in [-0.3, -0.25) is 4.90 Å². The van der Waals surface area contributed by atoms with Crippen molar-refractivity contribution >= 4 is 31.7 Å². The third kappa shape index (κ3) is 7.63. The molecule has 0 spiro atoms. The van der Waals surface area contributed by atoms with Gasteiger partial charge in [-0.05, 0) is 88.6 Å². The van der Waals surface area contributed by atoms with E-state index in [0.717, 1.165) is 11.1 Å². The molecule has 1 aliphatic heterocycles. The van der Waals surface area contributed by atoms with E-state index in [1.165, 1.54) is 0 Å². The van der Waals surface area contributed by atoms with Crippen molar-refractivity contribution in [3.8, 4) is 23.2 Å². The number of nitrogens with one attached hydrogen (secondary N) is 1. The molecule has 11 heteroatoms. The predicted octanol–water partition coefficient (Wildman–Crippen LogP) is 7.98. The quantitative estimate of drug-likeness (QED) is 0.247. The number of aromatic nitrogens is 3. The van der Waals surface area contributed by atoms with Gasteiger partial charge in [0, 0.05) is 36.5 Å². The van der Waals surface area contributed by atoms with Gasteiger partial charge in [-0.2, -0.15) is 5.26 Å². The van der Waals surface area contributed by atoms with Crippen LogP contribution in [0.2, 0.25) is 18.1 Å². The minimum Gasteiger partial charge on any atom is -0.473 e. The Morgan fingerprint density at radius 2 is 1.84 bits per heavy atom. The largest absolute Gasteiger partial charge is 0.473 e. The van der Waals surface area contributed by atoms with Crippen LogP contribution in [0.3, 0.4) is 0 Å². The number of carbonyl (C=O) groups is 1. The molecule has 1 aliphatic rings. The first-order chi connectivity index (χ1) is 20.8. The van der Waals surface area contributed by atoms with Crippen molar-refractivity contribution in [3.05, 3.63) is 53.9 Å². The normalized spacial score (nSPS) is 16.7. The van der Waals surface area contributed by atoms with E-state index in [1.54, 1.807) is 29.4 Å². The molecule has 45 heavy (non-hydrogen) atoms. The highest BCUT2D eigenvalue weighted by Gasteiger charge is 2.47. The zero-order chi connectivity index (χ0) is 33.4. The molecule has 2 aromatic heterocycles. The third-order valence-electron chi connectivity index (χ3n) is 8.15. The van der Waals surface area contributed by atoms with E-state index in [4.69, 9.17) is 18.9 Å². The van der Waals surface area contributed by atoms with E-state index in [0.29, 0.717) is 47.6 Å². The van der Waals surface area contributed by atoms with E-state index in [2.05, 4.69) is 62.1 Å². The van der Waals surface area contributed by atoms with Crippen LogP contribution >= 0.6 is 0 Å². The van der Waals surface area contributed by atoms with Crippen molar-refractivity contribution in [2.24, 2.45) is 0 Å². The Labute approximate surface area is 268 Å². The van der Waals surface area contributed by atoms with Gasteiger partial charge in [0.2, 0.25) is 11.8 Å². The summed E-state index contributed by atoms with van der Waals surface area (Å²) in [5.74, 6) is 0.804. The highest BCUT2D eigenvalue weighted by atomic mass is 28.4. The smallest absolute Gasteiger partial charge is 0.414 e. The zero-order valence-corrected chi connectivity index (χ0v) is 29.4. The monoisotopic (exact) mass is 630 g/mol. The number of fused-ring (bicyclic) bond motifs is 1. The summed E-state index contributed by atoms with van der Waals surface area (Å²) in [4.78, 5) is 28.7. The molecule has 0 fully saturated rings. The maximum absolute atomic E-state index is 13.5. The molecule has 1 atom stereocenters.